The first-order chi connectivity index (χ1) is 6.02. The summed E-state index contributed by atoms with van der Waals surface area (Å²) in [7, 11) is 0. The number of benzene rings is 1. The summed E-state index contributed by atoms with van der Waals surface area (Å²) in [5.41, 5.74) is -0.279. The van der Waals surface area contributed by atoms with Crippen molar-refractivity contribution >= 4 is 60.6 Å². The van der Waals surface area contributed by atoms with E-state index in [1.54, 1.807) is 6.07 Å². The van der Waals surface area contributed by atoms with Crippen molar-refractivity contribution in [3.05, 3.63) is 29.3 Å². The molecule has 1 rings (SSSR count). The molecule has 0 amide bonds. The summed E-state index contributed by atoms with van der Waals surface area (Å²) in [5.74, 6) is -2.40. The van der Waals surface area contributed by atoms with Crippen LogP contribution in [0.15, 0.2) is 18.2 Å². The van der Waals surface area contributed by atoms with Gasteiger partial charge in [-0.3, -0.25) is 0 Å². The van der Waals surface area contributed by atoms with Crippen molar-refractivity contribution in [3.63, 3.8) is 0 Å². The molecule has 0 aliphatic carbocycles. The van der Waals surface area contributed by atoms with Crippen molar-refractivity contribution < 1.29 is 19.8 Å². The number of hydrogen-bond donors (Lipinski definition) is 2. The second-order valence-electron chi connectivity index (χ2n) is 2.66. The number of aromatic carboxylic acids is 2. The van der Waals surface area contributed by atoms with E-state index in [9.17, 15) is 9.59 Å². The van der Waals surface area contributed by atoms with Gasteiger partial charge < -0.3 is 0 Å². The van der Waals surface area contributed by atoms with Crippen molar-refractivity contribution in [2.24, 2.45) is 0 Å². The molecule has 0 heterocycles. The first kappa shape index (κ1) is 10.9. The van der Waals surface area contributed by atoms with Crippen LogP contribution >= 0.6 is 0 Å². The summed E-state index contributed by atoms with van der Waals surface area (Å²) in [6.45, 7) is 0. The number of carbonyl (C=O) groups is 2. The second-order valence-corrected chi connectivity index (χ2v) is 4.46. The molecular weight excluding hydrogens is 199 g/mol. The Morgan fingerprint density at radius 3 is 2.08 bits per heavy atom. The number of carboxylic acid groups (broad SMARTS) is 2. The molecule has 0 bridgehead atoms. The first-order valence-corrected chi connectivity index (χ1v) is 5.16. The number of hydrogen-bond acceptors (Lipinski definition) is 2. The molecule has 13 heavy (non-hydrogen) atoms. The monoisotopic (exact) mass is 204 g/mol. The van der Waals surface area contributed by atoms with Gasteiger partial charge in [0, 0.05) is 0 Å². The Bertz CT molecular complexity index is 372. The van der Waals surface area contributed by atoms with E-state index in [2.05, 4.69) is 0 Å². The molecule has 62 valence electrons. The van der Waals surface area contributed by atoms with Crippen LogP contribution in [0.5, 0.6) is 0 Å². The third-order valence-electron chi connectivity index (χ3n) is 1.64. The third-order valence-corrected chi connectivity index (χ3v) is 2.61. The van der Waals surface area contributed by atoms with E-state index in [1.807, 2.05) is 0 Å². The van der Waals surface area contributed by atoms with Crippen molar-refractivity contribution in [1.82, 2.24) is 0 Å². The fourth-order valence-electron chi connectivity index (χ4n) is 1.02. The van der Waals surface area contributed by atoms with Crippen LogP contribution in [-0.2, 0) is 0 Å². The molecule has 0 saturated carbocycles. The van der Waals surface area contributed by atoms with Gasteiger partial charge in [0.15, 0.2) is 0 Å². The normalized spacial score (nSPS) is 9.69. The predicted molar refractivity (Wildman–Crippen MR) is 45.7 cm³/mol. The zero-order valence-corrected chi connectivity index (χ0v) is 10.1. The molecule has 5 heteroatoms. The van der Waals surface area contributed by atoms with Crippen LogP contribution in [0.1, 0.15) is 20.7 Å². The van der Waals surface area contributed by atoms with Crippen LogP contribution in [0.2, 0.25) is 0 Å². The summed E-state index contributed by atoms with van der Waals surface area (Å²) in [4.78, 5) is 21.2. The van der Waals surface area contributed by atoms with E-state index in [-0.39, 0.29) is 11.1 Å². The van der Waals surface area contributed by atoms with Gasteiger partial charge in [0.2, 0.25) is 0 Å². The van der Waals surface area contributed by atoms with Gasteiger partial charge >= 0.3 is 110 Å². The van der Waals surface area contributed by atoms with E-state index >= 15 is 0 Å². The van der Waals surface area contributed by atoms with Crippen LogP contribution in [0.4, 0.5) is 0 Å². The van der Waals surface area contributed by atoms with Gasteiger partial charge in [-0.25, -0.2) is 0 Å². The first-order valence-electron chi connectivity index (χ1n) is 3.59. The molecule has 0 saturated heterocycles. The van der Waals surface area contributed by atoms with Gasteiger partial charge in [-0.15, -0.1) is 0 Å². The minimum atomic E-state index is -1.20. The van der Waals surface area contributed by atoms with Crippen LogP contribution in [0, 0.1) is 0 Å². The summed E-state index contributed by atoms with van der Waals surface area (Å²) in [6.07, 6.45) is 0. The maximum absolute atomic E-state index is 10.6. The van der Waals surface area contributed by atoms with Crippen molar-refractivity contribution in [2.75, 3.05) is 0 Å². The van der Waals surface area contributed by atoms with Crippen LogP contribution in [0.3, 0.4) is 0 Å². The van der Waals surface area contributed by atoms with Gasteiger partial charge in [-0.2, -0.15) is 0 Å². The standard InChI is InChI=1S/C8H5O4.K/c9-7(10)5-3-1-2-4-6(5)8(11)12;/h1,3-4H,(H,9,10)(H,11,12);. The quantitative estimate of drug-likeness (QED) is 0.658. The van der Waals surface area contributed by atoms with Crippen LogP contribution in [-0.4, -0.2) is 71.1 Å². The molecule has 0 aromatic heterocycles. The zero-order chi connectivity index (χ0) is 10.0. The molecule has 0 unspecified atom stereocenters. The Kier molecular flexibility index (Phi) is 3.63. The average Bonchev–Trinajstić information content (AvgIpc) is 2.03. The van der Waals surface area contributed by atoms with E-state index < -0.39 is 11.9 Å². The molecule has 0 spiro atoms. The molecule has 0 fully saturated rings. The molecule has 0 aliphatic heterocycles. The van der Waals surface area contributed by atoms with Crippen molar-refractivity contribution in [3.8, 4) is 0 Å². The molecule has 1 aromatic carbocycles. The average molecular weight is 204 g/mol. The molecule has 4 nitrogen and oxygen atoms in total. The Balaban J connectivity index is 3.35. The van der Waals surface area contributed by atoms with E-state index in [0.717, 1.165) is -0.342 Å². The second kappa shape index (κ2) is 4.34. The van der Waals surface area contributed by atoms with Crippen LogP contribution < -0.4 is -0.342 Å². The summed E-state index contributed by atoms with van der Waals surface area (Å²) in [5, 5.41) is 17.4. The Morgan fingerprint density at radius 1 is 1.08 bits per heavy atom. The summed E-state index contributed by atoms with van der Waals surface area (Å²) < 4.78 is 0.912. The van der Waals surface area contributed by atoms with Gasteiger partial charge in [0.05, 0.1) is 0 Å². The Labute approximate surface area is 108 Å². The molecule has 0 atom stereocenters. The summed E-state index contributed by atoms with van der Waals surface area (Å²) >= 11 is 0.355. The molecular formula is C8H5KO4. The van der Waals surface area contributed by atoms with Gasteiger partial charge in [-0.05, 0) is 0 Å². The Hall–Kier alpha value is -0.204. The molecule has 0 aliphatic rings. The molecule has 1 aromatic rings. The Morgan fingerprint density at radius 2 is 1.62 bits per heavy atom. The van der Waals surface area contributed by atoms with Gasteiger partial charge in [-0.1, -0.05) is 0 Å². The van der Waals surface area contributed by atoms with E-state index in [0.29, 0.717) is 49.0 Å². The number of carboxylic acids is 2. The minimum absolute atomic E-state index is 0.127. The van der Waals surface area contributed by atoms with Crippen molar-refractivity contribution in [1.29, 1.82) is 0 Å². The van der Waals surface area contributed by atoms with E-state index in [4.69, 9.17) is 10.2 Å². The third kappa shape index (κ3) is 2.62. The zero-order valence-electron chi connectivity index (χ0n) is 6.94. The molecule has 2 N–H and O–H groups in total. The SMILES string of the molecule is O=C(O)c1cc[c]([K])cc1C(=O)O. The molecule has 0 radical (unpaired) electrons. The van der Waals surface area contributed by atoms with Gasteiger partial charge in [0.25, 0.3) is 0 Å². The summed E-state index contributed by atoms with van der Waals surface area (Å²) in [6, 6.07) is 4.41. The van der Waals surface area contributed by atoms with Crippen LogP contribution in [0.25, 0.3) is 0 Å². The fourth-order valence-corrected chi connectivity index (χ4v) is 1.73. The topological polar surface area (TPSA) is 74.6 Å². The predicted octanol–water partition coefficient (Wildman–Crippen LogP) is -0.123. The fraction of sp³-hybridized carbons (Fsp3) is 0. The number of rotatable bonds is 2. The van der Waals surface area contributed by atoms with Crippen molar-refractivity contribution in [2.45, 2.75) is 0 Å². The maximum atomic E-state index is 10.6. The van der Waals surface area contributed by atoms with E-state index in [1.165, 1.54) is 12.1 Å². The van der Waals surface area contributed by atoms with Gasteiger partial charge in [0.1, 0.15) is 0 Å².